The van der Waals surface area contributed by atoms with Gasteiger partial charge in [0.25, 0.3) is 0 Å². The van der Waals surface area contributed by atoms with Crippen LogP contribution in [0.15, 0.2) is 24.3 Å². The van der Waals surface area contributed by atoms with Crippen molar-refractivity contribution < 1.29 is 9.90 Å². The molecule has 1 aliphatic rings. The predicted molar refractivity (Wildman–Crippen MR) is 79.8 cm³/mol. The van der Waals surface area contributed by atoms with E-state index in [1.165, 1.54) is 18.4 Å². The van der Waals surface area contributed by atoms with Crippen LogP contribution in [0.5, 0.6) is 0 Å². The predicted octanol–water partition coefficient (Wildman–Crippen LogP) is 3.01. The highest BCUT2D eigenvalue weighted by atomic mass is 32.2. The lowest BCUT2D eigenvalue weighted by atomic mass is 9.95. The molecule has 0 aromatic heterocycles. The van der Waals surface area contributed by atoms with Gasteiger partial charge < -0.3 is 10.4 Å². The Bertz CT molecular complexity index is 413. The number of benzene rings is 1. The zero-order valence-electron chi connectivity index (χ0n) is 11.3. The molecule has 0 bridgehead atoms. The summed E-state index contributed by atoms with van der Waals surface area (Å²) in [5, 5.41) is 12.9. The van der Waals surface area contributed by atoms with Crippen LogP contribution in [-0.4, -0.2) is 29.4 Å². The minimum atomic E-state index is -0.859. The molecule has 1 fully saturated rings. The van der Waals surface area contributed by atoms with E-state index in [4.69, 9.17) is 5.11 Å². The maximum absolute atomic E-state index is 10.8. The fourth-order valence-corrected chi connectivity index (χ4v) is 3.61. The average Bonchev–Trinajstić information content (AvgIpc) is 2.46. The van der Waals surface area contributed by atoms with E-state index < -0.39 is 5.97 Å². The van der Waals surface area contributed by atoms with Crippen LogP contribution in [0.4, 0.5) is 0 Å². The maximum atomic E-state index is 10.8. The number of nitrogens with one attached hydrogen (secondary N) is 1. The molecule has 1 aliphatic heterocycles. The molecule has 0 aliphatic carbocycles. The largest absolute Gasteiger partial charge is 0.478 e. The fraction of sp³-hybridized carbons (Fsp3) is 0.533. The minimum absolute atomic E-state index is 0.361. The molecule has 1 heterocycles. The minimum Gasteiger partial charge on any atom is -0.478 e. The number of piperidine rings is 1. The highest BCUT2D eigenvalue weighted by molar-refractivity contribution is 7.99. The van der Waals surface area contributed by atoms with Crippen LogP contribution in [0, 0.1) is 5.92 Å². The summed E-state index contributed by atoms with van der Waals surface area (Å²) in [4.78, 5) is 10.8. The second-order valence-corrected chi connectivity index (χ2v) is 6.47. The second kappa shape index (κ2) is 6.96. The number of carbonyl (C=O) groups is 1. The molecule has 3 nitrogen and oxygen atoms in total. The van der Waals surface area contributed by atoms with Crippen LogP contribution in [0.3, 0.4) is 0 Å². The van der Waals surface area contributed by atoms with Gasteiger partial charge in [-0.1, -0.05) is 19.1 Å². The quantitative estimate of drug-likeness (QED) is 0.870. The molecule has 1 aromatic carbocycles. The Hall–Kier alpha value is -1.00. The van der Waals surface area contributed by atoms with E-state index in [1.54, 1.807) is 12.1 Å². The Balaban J connectivity index is 1.82. The van der Waals surface area contributed by atoms with Crippen molar-refractivity contribution in [3.05, 3.63) is 35.4 Å². The van der Waals surface area contributed by atoms with E-state index in [0.29, 0.717) is 10.8 Å². The number of thioether (sulfide) groups is 1. The van der Waals surface area contributed by atoms with Gasteiger partial charge in [-0.3, -0.25) is 0 Å². The maximum Gasteiger partial charge on any atom is 0.335 e. The van der Waals surface area contributed by atoms with E-state index >= 15 is 0 Å². The molecular weight excluding hydrogens is 258 g/mol. The number of hydrogen-bond donors (Lipinski definition) is 2. The number of rotatable bonds is 5. The SMILES string of the molecule is CC(SCc1ccc(C(=O)O)cc1)C1CCNCC1. The van der Waals surface area contributed by atoms with Crippen molar-refractivity contribution in [2.45, 2.75) is 30.8 Å². The van der Waals surface area contributed by atoms with E-state index in [2.05, 4.69) is 12.2 Å². The van der Waals surface area contributed by atoms with Gasteiger partial charge in [0.1, 0.15) is 0 Å². The second-order valence-electron chi connectivity index (χ2n) is 5.11. The molecule has 19 heavy (non-hydrogen) atoms. The third-order valence-electron chi connectivity index (χ3n) is 3.76. The lowest BCUT2D eigenvalue weighted by Crippen LogP contribution is -2.31. The number of carboxylic acids is 1. The molecule has 2 rings (SSSR count). The summed E-state index contributed by atoms with van der Waals surface area (Å²) in [7, 11) is 0. The Kier molecular flexibility index (Phi) is 5.28. The first-order valence-corrected chi connectivity index (χ1v) is 7.86. The van der Waals surface area contributed by atoms with Gasteiger partial charge in [-0.05, 0) is 49.5 Å². The van der Waals surface area contributed by atoms with Crippen LogP contribution in [0.2, 0.25) is 0 Å². The van der Waals surface area contributed by atoms with E-state index in [9.17, 15) is 4.79 Å². The molecule has 0 amide bonds. The van der Waals surface area contributed by atoms with Crippen LogP contribution < -0.4 is 5.32 Å². The number of hydrogen-bond acceptors (Lipinski definition) is 3. The monoisotopic (exact) mass is 279 g/mol. The molecule has 2 N–H and O–H groups in total. The Morgan fingerprint density at radius 1 is 1.37 bits per heavy atom. The first-order chi connectivity index (χ1) is 9.16. The molecular formula is C15H21NO2S. The van der Waals surface area contributed by atoms with Gasteiger partial charge in [0.05, 0.1) is 5.56 Å². The van der Waals surface area contributed by atoms with E-state index in [1.807, 2.05) is 23.9 Å². The Morgan fingerprint density at radius 3 is 2.58 bits per heavy atom. The highest BCUT2D eigenvalue weighted by Crippen LogP contribution is 2.28. The molecule has 1 saturated heterocycles. The summed E-state index contributed by atoms with van der Waals surface area (Å²) in [6, 6.07) is 7.22. The third kappa shape index (κ3) is 4.25. The molecule has 1 unspecified atom stereocenters. The zero-order valence-corrected chi connectivity index (χ0v) is 12.1. The highest BCUT2D eigenvalue weighted by Gasteiger charge is 2.19. The molecule has 104 valence electrons. The third-order valence-corrected chi connectivity index (χ3v) is 5.17. The summed E-state index contributed by atoms with van der Waals surface area (Å²) < 4.78 is 0. The van der Waals surface area contributed by atoms with Crippen molar-refractivity contribution in [1.29, 1.82) is 0 Å². The summed E-state index contributed by atoms with van der Waals surface area (Å²) in [6.45, 7) is 4.60. The van der Waals surface area contributed by atoms with Crippen molar-refractivity contribution in [2.75, 3.05) is 13.1 Å². The molecule has 0 saturated carbocycles. The van der Waals surface area contributed by atoms with Gasteiger partial charge >= 0.3 is 5.97 Å². The van der Waals surface area contributed by atoms with Gasteiger partial charge in [-0.15, -0.1) is 0 Å². The lowest BCUT2D eigenvalue weighted by molar-refractivity contribution is 0.0697. The summed E-state index contributed by atoms with van der Waals surface area (Å²) in [6.07, 6.45) is 2.54. The van der Waals surface area contributed by atoms with Gasteiger partial charge in [-0.25, -0.2) is 4.79 Å². The Morgan fingerprint density at radius 2 is 2.00 bits per heavy atom. The van der Waals surface area contributed by atoms with Gasteiger partial charge in [0, 0.05) is 11.0 Å². The Labute approximate surface area is 118 Å². The van der Waals surface area contributed by atoms with E-state index in [0.717, 1.165) is 24.8 Å². The molecule has 1 atom stereocenters. The fourth-order valence-electron chi connectivity index (χ4n) is 2.42. The van der Waals surface area contributed by atoms with Gasteiger partial charge in [-0.2, -0.15) is 11.8 Å². The van der Waals surface area contributed by atoms with Crippen LogP contribution in [0.1, 0.15) is 35.7 Å². The normalized spacial score (nSPS) is 18.2. The van der Waals surface area contributed by atoms with Crippen LogP contribution >= 0.6 is 11.8 Å². The first kappa shape index (κ1) is 14.4. The first-order valence-electron chi connectivity index (χ1n) is 6.81. The standard InChI is InChI=1S/C15H21NO2S/c1-11(13-6-8-16-9-7-13)19-10-12-2-4-14(5-3-12)15(17)18/h2-5,11,13,16H,6-10H2,1H3,(H,17,18). The van der Waals surface area contributed by atoms with Crippen molar-refractivity contribution in [1.82, 2.24) is 5.32 Å². The summed E-state index contributed by atoms with van der Waals surface area (Å²) >= 11 is 1.98. The average molecular weight is 279 g/mol. The van der Waals surface area contributed by atoms with Gasteiger partial charge in [0.2, 0.25) is 0 Å². The summed E-state index contributed by atoms with van der Waals surface area (Å²) in [5.74, 6) is 0.914. The van der Waals surface area contributed by atoms with Crippen molar-refractivity contribution in [2.24, 2.45) is 5.92 Å². The summed E-state index contributed by atoms with van der Waals surface area (Å²) in [5.41, 5.74) is 1.57. The topological polar surface area (TPSA) is 49.3 Å². The van der Waals surface area contributed by atoms with Crippen molar-refractivity contribution >= 4 is 17.7 Å². The van der Waals surface area contributed by atoms with Crippen molar-refractivity contribution in [3.8, 4) is 0 Å². The van der Waals surface area contributed by atoms with E-state index in [-0.39, 0.29) is 0 Å². The molecule has 4 heteroatoms. The smallest absolute Gasteiger partial charge is 0.335 e. The molecule has 0 spiro atoms. The number of aromatic carboxylic acids is 1. The van der Waals surface area contributed by atoms with Gasteiger partial charge in [0.15, 0.2) is 0 Å². The number of carboxylic acid groups (broad SMARTS) is 1. The molecule has 1 aromatic rings. The van der Waals surface area contributed by atoms with Crippen LogP contribution in [0.25, 0.3) is 0 Å². The molecule has 0 radical (unpaired) electrons. The van der Waals surface area contributed by atoms with Crippen molar-refractivity contribution in [3.63, 3.8) is 0 Å². The lowest BCUT2D eigenvalue weighted by Gasteiger charge is -2.27. The zero-order chi connectivity index (χ0) is 13.7. The van der Waals surface area contributed by atoms with Crippen LogP contribution in [-0.2, 0) is 5.75 Å².